The second kappa shape index (κ2) is 4.25. The van der Waals surface area contributed by atoms with Crippen LogP contribution in [0.5, 0.6) is 5.75 Å². The van der Waals surface area contributed by atoms with Gasteiger partial charge in [-0.1, -0.05) is 6.07 Å². The molecule has 0 radical (unpaired) electrons. The molecule has 0 fully saturated rings. The highest BCUT2D eigenvalue weighted by atomic mass is 17.2. The molecule has 2 aromatic carbocycles. The van der Waals surface area contributed by atoms with E-state index in [4.69, 9.17) is 9.78 Å². The molecule has 21 heavy (non-hydrogen) atoms. The van der Waals surface area contributed by atoms with E-state index in [1.807, 2.05) is 12.1 Å². The summed E-state index contributed by atoms with van der Waals surface area (Å²) in [4.78, 5) is 20.3. The number of benzene rings is 2. The third-order valence-electron chi connectivity index (χ3n) is 3.33. The minimum Gasteiger partial charge on any atom is -0.337 e. The van der Waals surface area contributed by atoms with Gasteiger partial charge in [-0.05, 0) is 34.1 Å². The lowest BCUT2D eigenvalue weighted by Gasteiger charge is -2.03. The first kappa shape index (κ1) is 11.8. The summed E-state index contributed by atoms with van der Waals surface area (Å²) >= 11 is 0. The summed E-state index contributed by atoms with van der Waals surface area (Å²) in [5, 5.41) is 18.4. The van der Waals surface area contributed by atoms with Crippen LogP contribution < -0.4 is 4.89 Å². The van der Waals surface area contributed by atoms with Crippen LogP contribution in [0.25, 0.3) is 22.2 Å². The first-order valence-corrected chi connectivity index (χ1v) is 6.06. The Balaban J connectivity index is 1.93. The van der Waals surface area contributed by atoms with Crippen LogP contribution in [0.4, 0.5) is 5.69 Å². The molecular formula is C13H7N3O5. The van der Waals surface area contributed by atoms with Gasteiger partial charge in [-0.2, -0.15) is 4.89 Å². The molecule has 0 saturated carbocycles. The molecule has 0 saturated heterocycles. The molecule has 2 heterocycles. The highest BCUT2D eigenvalue weighted by Gasteiger charge is 2.21. The number of nitro benzene ring substituents is 1. The van der Waals surface area contributed by atoms with Crippen molar-refractivity contribution in [2.24, 2.45) is 0 Å². The van der Waals surface area contributed by atoms with Gasteiger partial charge < -0.3 is 4.89 Å². The zero-order valence-electron chi connectivity index (χ0n) is 10.5. The molecule has 3 aromatic rings. The minimum absolute atomic E-state index is 0.130. The van der Waals surface area contributed by atoms with Crippen LogP contribution in [-0.2, 0) is 11.5 Å². The van der Waals surface area contributed by atoms with Crippen molar-refractivity contribution in [3.05, 3.63) is 46.0 Å². The lowest BCUT2D eigenvalue weighted by atomic mass is 10.0. The maximum absolute atomic E-state index is 11.0. The topological polar surface area (TPSA) is 101 Å². The van der Waals surface area contributed by atoms with Gasteiger partial charge in [-0.3, -0.25) is 10.1 Å². The number of nitro groups is 1. The Morgan fingerprint density at radius 1 is 1.14 bits per heavy atom. The van der Waals surface area contributed by atoms with E-state index in [2.05, 4.69) is 14.9 Å². The van der Waals surface area contributed by atoms with Gasteiger partial charge in [0.2, 0.25) is 5.52 Å². The Morgan fingerprint density at radius 3 is 2.86 bits per heavy atom. The fourth-order valence-corrected chi connectivity index (χ4v) is 2.33. The fraction of sp³-hybridized carbons (Fsp3) is 0.0769. The van der Waals surface area contributed by atoms with Crippen LogP contribution in [0.15, 0.2) is 35.0 Å². The third kappa shape index (κ3) is 1.73. The molecule has 1 aliphatic rings. The van der Waals surface area contributed by atoms with Crippen molar-refractivity contribution in [2.45, 2.75) is 6.61 Å². The molecular weight excluding hydrogens is 278 g/mol. The van der Waals surface area contributed by atoms with Gasteiger partial charge >= 0.3 is 5.69 Å². The van der Waals surface area contributed by atoms with E-state index in [1.54, 1.807) is 12.1 Å². The molecule has 4 rings (SSSR count). The molecule has 1 aromatic heterocycles. The maximum Gasteiger partial charge on any atom is 0.300 e. The molecule has 0 atom stereocenters. The van der Waals surface area contributed by atoms with Crippen molar-refractivity contribution in [1.29, 1.82) is 0 Å². The number of nitrogens with zero attached hydrogens (tertiary/aromatic N) is 3. The van der Waals surface area contributed by atoms with Crippen LogP contribution in [0.3, 0.4) is 0 Å². The zero-order chi connectivity index (χ0) is 14.4. The summed E-state index contributed by atoms with van der Waals surface area (Å²) in [6.07, 6.45) is 0. The van der Waals surface area contributed by atoms with Crippen LogP contribution in [0.2, 0.25) is 0 Å². The van der Waals surface area contributed by atoms with Crippen molar-refractivity contribution < 1.29 is 19.3 Å². The SMILES string of the molecule is O=[N+]([O-])c1ccc(-c2ccc3c(c2)COO3)c2nonc12. The van der Waals surface area contributed by atoms with Crippen LogP contribution >= 0.6 is 0 Å². The van der Waals surface area contributed by atoms with E-state index in [0.717, 1.165) is 11.1 Å². The Labute approximate surface area is 116 Å². The first-order valence-electron chi connectivity index (χ1n) is 6.06. The quantitative estimate of drug-likeness (QED) is 0.405. The number of hydrogen-bond donors (Lipinski definition) is 0. The molecule has 0 N–H and O–H groups in total. The predicted molar refractivity (Wildman–Crippen MR) is 69.3 cm³/mol. The van der Waals surface area contributed by atoms with Gasteiger partial charge in [0, 0.05) is 17.2 Å². The van der Waals surface area contributed by atoms with Crippen LogP contribution in [-0.4, -0.2) is 15.2 Å². The standard InChI is InChI=1S/C13H7N3O5/c17-16(18)10-3-2-9(12-13(10)15-21-14-12)7-1-4-11-8(5-7)6-19-20-11/h1-5H,6H2. The molecule has 0 amide bonds. The lowest BCUT2D eigenvalue weighted by Crippen LogP contribution is -1.91. The normalized spacial score (nSPS) is 13.1. The number of non-ortho nitro benzene ring substituents is 1. The van der Waals surface area contributed by atoms with Gasteiger partial charge in [-0.25, -0.2) is 4.63 Å². The molecule has 104 valence electrons. The summed E-state index contributed by atoms with van der Waals surface area (Å²) in [5.74, 6) is 0.662. The van der Waals surface area contributed by atoms with Crippen molar-refractivity contribution in [1.82, 2.24) is 10.3 Å². The zero-order valence-corrected chi connectivity index (χ0v) is 10.5. The Bertz CT molecular complexity index is 873. The van der Waals surface area contributed by atoms with Crippen molar-refractivity contribution >= 4 is 16.7 Å². The largest absolute Gasteiger partial charge is 0.337 e. The van der Waals surface area contributed by atoms with Crippen molar-refractivity contribution in [3.8, 4) is 16.9 Å². The first-order chi connectivity index (χ1) is 10.2. The maximum atomic E-state index is 11.0. The number of rotatable bonds is 2. The van der Waals surface area contributed by atoms with Crippen LogP contribution in [0.1, 0.15) is 5.56 Å². The highest BCUT2D eigenvalue weighted by Crippen LogP contribution is 2.35. The monoisotopic (exact) mass is 285 g/mol. The minimum atomic E-state index is -0.513. The molecule has 8 heteroatoms. The van der Waals surface area contributed by atoms with E-state index < -0.39 is 4.92 Å². The summed E-state index contributed by atoms with van der Waals surface area (Å²) in [6.45, 7) is 0.358. The third-order valence-corrected chi connectivity index (χ3v) is 3.33. The van der Waals surface area contributed by atoms with E-state index in [-0.39, 0.29) is 11.2 Å². The van der Waals surface area contributed by atoms with E-state index in [1.165, 1.54) is 6.07 Å². The van der Waals surface area contributed by atoms with E-state index >= 15 is 0 Å². The summed E-state index contributed by atoms with van der Waals surface area (Å²) in [7, 11) is 0. The molecule has 0 aliphatic carbocycles. The predicted octanol–water partition coefficient (Wildman–Crippen LogP) is 2.62. The van der Waals surface area contributed by atoms with E-state index in [9.17, 15) is 10.1 Å². The average Bonchev–Trinajstić information content (AvgIpc) is 3.14. The number of fused-ring (bicyclic) bond motifs is 2. The lowest BCUT2D eigenvalue weighted by molar-refractivity contribution is -0.383. The molecule has 1 aliphatic heterocycles. The van der Waals surface area contributed by atoms with Gasteiger partial charge in [0.1, 0.15) is 12.1 Å². The smallest absolute Gasteiger partial charge is 0.300 e. The summed E-state index contributed by atoms with van der Waals surface area (Å²) in [6, 6.07) is 8.50. The summed E-state index contributed by atoms with van der Waals surface area (Å²) < 4.78 is 4.66. The fourth-order valence-electron chi connectivity index (χ4n) is 2.33. The van der Waals surface area contributed by atoms with Gasteiger partial charge in [0.15, 0.2) is 5.75 Å². The number of hydrogen-bond acceptors (Lipinski definition) is 7. The molecule has 0 spiro atoms. The van der Waals surface area contributed by atoms with Crippen LogP contribution in [0, 0.1) is 10.1 Å². The molecule has 0 bridgehead atoms. The van der Waals surface area contributed by atoms with E-state index in [0.29, 0.717) is 23.4 Å². The Hall–Kier alpha value is -3.00. The van der Waals surface area contributed by atoms with Gasteiger partial charge in [0.25, 0.3) is 0 Å². The van der Waals surface area contributed by atoms with Gasteiger partial charge in [0.05, 0.1) is 4.92 Å². The second-order valence-electron chi connectivity index (χ2n) is 4.52. The molecule has 0 unspecified atom stereocenters. The highest BCUT2D eigenvalue weighted by molar-refractivity contribution is 5.96. The number of aromatic nitrogens is 2. The average molecular weight is 285 g/mol. The second-order valence-corrected chi connectivity index (χ2v) is 4.52. The summed E-state index contributed by atoms with van der Waals surface area (Å²) in [5.41, 5.74) is 2.78. The van der Waals surface area contributed by atoms with Crippen molar-refractivity contribution in [3.63, 3.8) is 0 Å². The Morgan fingerprint density at radius 2 is 2.00 bits per heavy atom. The Kier molecular flexibility index (Phi) is 2.39. The van der Waals surface area contributed by atoms with Gasteiger partial charge in [-0.15, -0.1) is 0 Å². The van der Waals surface area contributed by atoms with Crippen molar-refractivity contribution in [2.75, 3.05) is 0 Å². The molecule has 8 nitrogen and oxygen atoms in total.